The number of ether oxygens (including phenoxy) is 1. The molecule has 9 heteroatoms. The molecule has 0 aliphatic carbocycles. The van der Waals surface area contributed by atoms with Gasteiger partial charge in [-0.1, -0.05) is 0 Å². The van der Waals surface area contributed by atoms with Gasteiger partial charge in [-0.2, -0.15) is 0 Å². The molecule has 2 N–H and O–H groups in total. The molecule has 38 heavy (non-hydrogen) atoms. The number of nitrogens with one attached hydrogen (secondary N) is 1. The first-order valence-corrected chi connectivity index (χ1v) is 14.0. The number of methoxy groups -OCH3 is 1. The minimum atomic E-state index is -0.774. The highest BCUT2D eigenvalue weighted by Crippen LogP contribution is 2.35. The Morgan fingerprint density at radius 1 is 1.21 bits per heavy atom. The number of nitrogens with zero attached hydrogens (tertiary/aromatic N) is 2. The number of carboxylic acids is 1. The average molecular weight is 544 g/mol. The van der Waals surface area contributed by atoms with Gasteiger partial charge in [-0.3, -0.25) is 9.78 Å². The van der Waals surface area contributed by atoms with Crippen molar-refractivity contribution in [2.45, 2.75) is 36.6 Å². The summed E-state index contributed by atoms with van der Waals surface area (Å²) in [5.74, 6) is -0.0777. The van der Waals surface area contributed by atoms with Crippen LogP contribution in [0.15, 0.2) is 53.6 Å². The van der Waals surface area contributed by atoms with E-state index in [4.69, 9.17) is 4.74 Å². The smallest absolute Gasteiger partial charge is 0.303 e. The van der Waals surface area contributed by atoms with E-state index < -0.39 is 17.6 Å². The molecular formula is C29H35F2N3O3S. The molecule has 1 aliphatic rings. The van der Waals surface area contributed by atoms with Crippen molar-refractivity contribution in [3.8, 4) is 5.75 Å². The molecule has 1 fully saturated rings. The predicted molar refractivity (Wildman–Crippen MR) is 147 cm³/mol. The number of hydrogen-bond acceptors (Lipinski definition) is 6. The highest BCUT2D eigenvalue weighted by Gasteiger charge is 2.31. The highest BCUT2D eigenvalue weighted by atomic mass is 32.2. The number of aliphatic carboxylic acids is 1. The van der Waals surface area contributed by atoms with Gasteiger partial charge in [-0.15, -0.1) is 11.8 Å². The van der Waals surface area contributed by atoms with Crippen LogP contribution in [0.4, 0.5) is 8.78 Å². The molecular weight excluding hydrogens is 508 g/mol. The number of halogens is 2. The molecule has 0 radical (unpaired) electrons. The zero-order valence-corrected chi connectivity index (χ0v) is 22.6. The van der Waals surface area contributed by atoms with Gasteiger partial charge >= 0.3 is 5.97 Å². The maximum atomic E-state index is 13.5. The summed E-state index contributed by atoms with van der Waals surface area (Å²) in [6.45, 7) is 2.35. The third kappa shape index (κ3) is 7.42. The Bertz CT molecular complexity index is 1220. The van der Waals surface area contributed by atoms with Gasteiger partial charge in [0.2, 0.25) is 0 Å². The molecule has 4 rings (SSSR count). The lowest BCUT2D eigenvalue weighted by Gasteiger charge is -2.38. The Kier molecular flexibility index (Phi) is 9.93. The van der Waals surface area contributed by atoms with Crippen LogP contribution in [0.5, 0.6) is 5.75 Å². The molecule has 204 valence electrons. The number of carbonyl (C=O) groups is 1. The summed E-state index contributed by atoms with van der Waals surface area (Å²) in [6, 6.07) is 11.6. The van der Waals surface area contributed by atoms with Crippen LogP contribution in [0.25, 0.3) is 10.9 Å². The molecule has 1 aromatic heterocycles. The van der Waals surface area contributed by atoms with E-state index >= 15 is 0 Å². The van der Waals surface area contributed by atoms with Gasteiger partial charge in [-0.05, 0) is 86.7 Å². The number of carboxylic acid groups (broad SMARTS) is 1. The standard InChI is InChI=1S/C29H35F2N3O3S/c1-32-27(25-7-9-33-28-6-4-23(37-2)17-26(25)28)5-3-19-8-10-34(18-20(19)13-29(35)36)11-12-38-24-15-21(30)14-22(31)16-24/h4,6-7,9,14-17,19-20,27,32H,3,5,8,10-13,18H2,1-2H3,(H,35,36)/t19-,20+,27+/m1/s1. The minimum absolute atomic E-state index is 0.0599. The van der Waals surface area contributed by atoms with Gasteiger partial charge < -0.3 is 20.1 Å². The number of rotatable bonds is 12. The van der Waals surface area contributed by atoms with Gasteiger partial charge in [0.05, 0.1) is 12.6 Å². The maximum absolute atomic E-state index is 13.5. The van der Waals surface area contributed by atoms with Crippen molar-refractivity contribution in [1.82, 2.24) is 15.2 Å². The van der Waals surface area contributed by atoms with Crippen molar-refractivity contribution in [3.05, 3.63) is 65.9 Å². The van der Waals surface area contributed by atoms with Crippen LogP contribution in [0.2, 0.25) is 0 Å². The molecule has 0 saturated carbocycles. The van der Waals surface area contributed by atoms with Gasteiger partial charge in [-0.25, -0.2) is 8.78 Å². The zero-order chi connectivity index (χ0) is 27.1. The van der Waals surface area contributed by atoms with E-state index in [2.05, 4.69) is 15.2 Å². The van der Waals surface area contributed by atoms with Crippen LogP contribution in [-0.2, 0) is 4.79 Å². The Hall–Kier alpha value is -2.75. The van der Waals surface area contributed by atoms with Gasteiger partial charge in [0, 0.05) is 53.8 Å². The fourth-order valence-electron chi connectivity index (χ4n) is 5.51. The second kappa shape index (κ2) is 13.4. The largest absolute Gasteiger partial charge is 0.497 e. The van der Waals surface area contributed by atoms with Crippen LogP contribution < -0.4 is 10.1 Å². The van der Waals surface area contributed by atoms with Crippen molar-refractivity contribution in [1.29, 1.82) is 0 Å². The number of thioether (sulfide) groups is 1. The monoisotopic (exact) mass is 543 g/mol. The van der Waals surface area contributed by atoms with Crippen molar-refractivity contribution in [2.24, 2.45) is 11.8 Å². The number of fused-ring (bicyclic) bond motifs is 1. The molecule has 0 unspecified atom stereocenters. The third-order valence-corrected chi connectivity index (χ3v) is 8.41. The number of hydrogen-bond donors (Lipinski definition) is 2. The lowest BCUT2D eigenvalue weighted by Crippen LogP contribution is -2.42. The van der Waals surface area contributed by atoms with Crippen LogP contribution in [0.1, 0.15) is 37.3 Å². The Balaban J connectivity index is 1.37. The minimum Gasteiger partial charge on any atom is -0.497 e. The summed E-state index contributed by atoms with van der Waals surface area (Å²) < 4.78 is 32.4. The topological polar surface area (TPSA) is 74.7 Å². The van der Waals surface area contributed by atoms with Crippen LogP contribution in [0.3, 0.4) is 0 Å². The molecule has 0 spiro atoms. The normalized spacial score (nSPS) is 18.9. The molecule has 2 heterocycles. The van der Waals surface area contributed by atoms with Crippen molar-refractivity contribution in [3.63, 3.8) is 0 Å². The highest BCUT2D eigenvalue weighted by molar-refractivity contribution is 7.99. The zero-order valence-electron chi connectivity index (χ0n) is 21.8. The number of aromatic nitrogens is 1. The lowest BCUT2D eigenvalue weighted by molar-refractivity contribution is -0.139. The van der Waals surface area contributed by atoms with Crippen LogP contribution >= 0.6 is 11.8 Å². The summed E-state index contributed by atoms with van der Waals surface area (Å²) >= 11 is 1.42. The van der Waals surface area contributed by atoms with Crippen LogP contribution in [-0.4, -0.2) is 60.5 Å². The van der Waals surface area contributed by atoms with E-state index in [1.165, 1.54) is 23.9 Å². The fraction of sp³-hybridized carbons (Fsp3) is 0.448. The fourth-order valence-corrected chi connectivity index (χ4v) is 6.49. The number of piperidine rings is 1. The second-order valence-corrected chi connectivity index (χ2v) is 11.0. The Morgan fingerprint density at radius 2 is 2.00 bits per heavy atom. The van der Waals surface area contributed by atoms with E-state index in [1.807, 2.05) is 37.5 Å². The maximum Gasteiger partial charge on any atom is 0.303 e. The first kappa shape index (κ1) is 28.3. The Morgan fingerprint density at radius 3 is 2.71 bits per heavy atom. The van der Waals surface area contributed by atoms with Gasteiger partial charge in [0.15, 0.2) is 0 Å². The summed E-state index contributed by atoms with van der Waals surface area (Å²) in [7, 11) is 3.61. The summed E-state index contributed by atoms with van der Waals surface area (Å²) in [6.07, 6.45) is 4.70. The second-order valence-electron chi connectivity index (χ2n) is 9.86. The first-order chi connectivity index (χ1) is 18.4. The van der Waals surface area contributed by atoms with Crippen LogP contribution in [0, 0.1) is 23.5 Å². The van der Waals surface area contributed by atoms with E-state index in [0.717, 1.165) is 60.6 Å². The first-order valence-electron chi connectivity index (χ1n) is 13.0. The molecule has 1 saturated heterocycles. The molecule has 1 aliphatic heterocycles. The number of likely N-dealkylation sites (tertiary alicyclic amines) is 1. The summed E-state index contributed by atoms with van der Waals surface area (Å²) in [5, 5.41) is 14.1. The molecule has 0 bridgehead atoms. The summed E-state index contributed by atoms with van der Waals surface area (Å²) in [4.78, 5) is 19.0. The van der Waals surface area contributed by atoms with E-state index in [1.54, 1.807) is 7.11 Å². The van der Waals surface area contributed by atoms with Gasteiger partial charge in [0.1, 0.15) is 17.4 Å². The molecule has 3 atom stereocenters. The predicted octanol–water partition coefficient (Wildman–Crippen LogP) is 5.77. The van der Waals surface area contributed by atoms with Crippen molar-refractivity contribution in [2.75, 3.05) is 39.5 Å². The number of pyridine rings is 1. The molecule has 6 nitrogen and oxygen atoms in total. The quantitative estimate of drug-likeness (QED) is 0.281. The SMILES string of the molecule is CN[C@@H](CC[C@@H]1CCN(CCSc2cc(F)cc(F)c2)C[C@@H]1CC(=O)O)c1ccnc2ccc(OC)cc12. The molecule has 2 aromatic carbocycles. The summed E-state index contributed by atoms with van der Waals surface area (Å²) in [5.41, 5.74) is 2.08. The van der Waals surface area contributed by atoms with E-state index in [0.29, 0.717) is 23.1 Å². The lowest BCUT2D eigenvalue weighted by atomic mass is 9.79. The average Bonchev–Trinajstić information content (AvgIpc) is 2.89. The van der Waals surface area contributed by atoms with E-state index in [9.17, 15) is 18.7 Å². The van der Waals surface area contributed by atoms with E-state index in [-0.39, 0.29) is 18.4 Å². The number of benzene rings is 2. The van der Waals surface area contributed by atoms with Gasteiger partial charge in [0.25, 0.3) is 0 Å². The molecule has 3 aromatic rings. The van der Waals surface area contributed by atoms with Crippen molar-refractivity contribution >= 4 is 28.6 Å². The Labute approximate surface area is 226 Å². The molecule has 0 amide bonds. The van der Waals surface area contributed by atoms with Crippen molar-refractivity contribution < 1.29 is 23.4 Å². The third-order valence-electron chi connectivity index (χ3n) is 7.46.